The second kappa shape index (κ2) is 4.69. The number of hydrogen-bond acceptors (Lipinski definition) is 2. The average molecular weight is 327 g/mol. The molecule has 1 aromatic carbocycles. The van der Waals surface area contributed by atoms with Crippen molar-refractivity contribution in [1.29, 1.82) is 0 Å². The molecule has 2 rings (SSSR count). The van der Waals surface area contributed by atoms with Gasteiger partial charge in [-0.1, -0.05) is 0 Å². The first-order chi connectivity index (χ1) is 7.72. The molecule has 4 heteroatoms. The van der Waals surface area contributed by atoms with Crippen LogP contribution in [-0.2, 0) is 4.74 Å². The van der Waals surface area contributed by atoms with E-state index in [0.29, 0.717) is 5.69 Å². The van der Waals surface area contributed by atoms with E-state index in [0.717, 1.165) is 9.26 Å². The number of esters is 1. The van der Waals surface area contributed by atoms with Crippen molar-refractivity contribution in [1.82, 2.24) is 4.57 Å². The van der Waals surface area contributed by atoms with Crippen LogP contribution in [0.2, 0.25) is 0 Å². The smallest absolute Gasteiger partial charge is 0.355 e. The number of carbonyl (C=O) groups is 1. The van der Waals surface area contributed by atoms with Gasteiger partial charge in [-0.05, 0) is 59.0 Å². The predicted molar refractivity (Wildman–Crippen MR) is 69.8 cm³/mol. The summed E-state index contributed by atoms with van der Waals surface area (Å²) in [5.41, 5.74) is 1.48. The summed E-state index contributed by atoms with van der Waals surface area (Å²) in [6.07, 6.45) is 1.84. The molecule has 2 aromatic rings. The normalized spacial score (nSPS) is 10.1. The lowest BCUT2D eigenvalue weighted by atomic mass is 10.3. The van der Waals surface area contributed by atoms with E-state index < -0.39 is 0 Å². The Hall–Kier alpha value is -1.30. The van der Waals surface area contributed by atoms with Gasteiger partial charge in [-0.25, -0.2) is 4.79 Å². The molecule has 0 saturated carbocycles. The second-order valence-electron chi connectivity index (χ2n) is 3.23. The van der Waals surface area contributed by atoms with Crippen LogP contribution in [0.25, 0.3) is 5.69 Å². The molecule has 0 bridgehead atoms. The molecule has 0 aliphatic heterocycles. The topological polar surface area (TPSA) is 31.2 Å². The van der Waals surface area contributed by atoms with Crippen molar-refractivity contribution in [3.63, 3.8) is 0 Å². The Morgan fingerprint density at radius 2 is 1.94 bits per heavy atom. The number of halogens is 1. The molecule has 0 fully saturated rings. The molecule has 0 atom stereocenters. The highest BCUT2D eigenvalue weighted by atomic mass is 127. The first kappa shape index (κ1) is 11.2. The fourth-order valence-electron chi connectivity index (χ4n) is 1.48. The minimum absolute atomic E-state index is 0.330. The Morgan fingerprint density at radius 1 is 1.25 bits per heavy atom. The zero-order chi connectivity index (χ0) is 11.5. The van der Waals surface area contributed by atoms with Crippen LogP contribution < -0.4 is 0 Å². The fraction of sp³-hybridized carbons (Fsp3) is 0.0833. The summed E-state index contributed by atoms with van der Waals surface area (Å²) in [4.78, 5) is 11.5. The SMILES string of the molecule is COC(=O)c1cccn1-c1ccc(I)cc1. The van der Waals surface area contributed by atoms with Crippen LogP contribution in [0.3, 0.4) is 0 Å². The molecule has 82 valence electrons. The Bertz CT molecular complexity index is 502. The predicted octanol–water partition coefficient (Wildman–Crippen LogP) is 2.87. The number of rotatable bonds is 2. The Kier molecular flexibility index (Phi) is 3.28. The summed E-state index contributed by atoms with van der Waals surface area (Å²) in [6, 6.07) is 11.5. The van der Waals surface area contributed by atoms with Crippen molar-refractivity contribution in [2.45, 2.75) is 0 Å². The molecule has 1 aromatic heterocycles. The Morgan fingerprint density at radius 3 is 2.56 bits per heavy atom. The molecule has 0 unspecified atom stereocenters. The van der Waals surface area contributed by atoms with Crippen LogP contribution in [0.1, 0.15) is 10.5 Å². The van der Waals surface area contributed by atoms with Gasteiger partial charge in [0, 0.05) is 15.5 Å². The van der Waals surface area contributed by atoms with E-state index in [-0.39, 0.29) is 5.97 Å². The van der Waals surface area contributed by atoms with Gasteiger partial charge in [-0.2, -0.15) is 0 Å². The Labute approximate surface area is 107 Å². The van der Waals surface area contributed by atoms with Gasteiger partial charge in [0.1, 0.15) is 5.69 Å². The fourth-order valence-corrected chi connectivity index (χ4v) is 1.84. The van der Waals surface area contributed by atoms with E-state index in [9.17, 15) is 4.79 Å². The molecule has 0 amide bonds. The zero-order valence-corrected chi connectivity index (χ0v) is 10.8. The first-order valence-electron chi connectivity index (χ1n) is 4.74. The van der Waals surface area contributed by atoms with E-state index in [1.54, 1.807) is 6.07 Å². The lowest BCUT2D eigenvalue weighted by Gasteiger charge is -2.07. The van der Waals surface area contributed by atoms with E-state index >= 15 is 0 Å². The number of hydrogen-bond donors (Lipinski definition) is 0. The maximum absolute atomic E-state index is 11.5. The van der Waals surface area contributed by atoms with Gasteiger partial charge in [-0.3, -0.25) is 0 Å². The first-order valence-corrected chi connectivity index (χ1v) is 5.82. The van der Waals surface area contributed by atoms with Gasteiger partial charge in [0.15, 0.2) is 0 Å². The summed E-state index contributed by atoms with van der Waals surface area (Å²) in [5, 5.41) is 0. The van der Waals surface area contributed by atoms with E-state index in [1.807, 2.05) is 41.1 Å². The molecule has 0 N–H and O–H groups in total. The van der Waals surface area contributed by atoms with Crippen molar-refractivity contribution >= 4 is 28.6 Å². The Balaban J connectivity index is 2.44. The number of ether oxygens (including phenoxy) is 1. The molecule has 0 aliphatic rings. The molecule has 0 aliphatic carbocycles. The highest BCUT2D eigenvalue weighted by Crippen LogP contribution is 2.15. The molecular weight excluding hydrogens is 317 g/mol. The van der Waals surface area contributed by atoms with E-state index in [2.05, 4.69) is 22.6 Å². The standard InChI is InChI=1S/C12H10INO2/c1-16-12(15)11-3-2-8-14(11)10-6-4-9(13)5-7-10/h2-8H,1H3. The molecule has 0 saturated heterocycles. The largest absolute Gasteiger partial charge is 0.464 e. The summed E-state index contributed by atoms with van der Waals surface area (Å²) < 4.78 is 7.69. The van der Waals surface area contributed by atoms with Crippen LogP contribution in [0, 0.1) is 3.57 Å². The third-order valence-electron chi connectivity index (χ3n) is 2.25. The molecular formula is C12H10INO2. The number of carbonyl (C=O) groups excluding carboxylic acids is 1. The van der Waals surface area contributed by atoms with Crippen molar-refractivity contribution in [2.24, 2.45) is 0 Å². The minimum atomic E-state index is -0.330. The van der Waals surface area contributed by atoms with Crippen LogP contribution in [0.15, 0.2) is 42.6 Å². The molecule has 16 heavy (non-hydrogen) atoms. The highest BCUT2D eigenvalue weighted by molar-refractivity contribution is 14.1. The minimum Gasteiger partial charge on any atom is -0.464 e. The van der Waals surface area contributed by atoms with Crippen LogP contribution in [-0.4, -0.2) is 17.6 Å². The number of nitrogens with zero attached hydrogens (tertiary/aromatic N) is 1. The lowest BCUT2D eigenvalue weighted by molar-refractivity contribution is 0.0591. The number of aromatic nitrogens is 1. The third kappa shape index (κ3) is 2.11. The van der Waals surface area contributed by atoms with Crippen molar-refractivity contribution in [3.05, 3.63) is 51.9 Å². The average Bonchev–Trinajstić information content (AvgIpc) is 2.78. The van der Waals surface area contributed by atoms with Crippen LogP contribution in [0.5, 0.6) is 0 Å². The second-order valence-corrected chi connectivity index (χ2v) is 4.48. The monoisotopic (exact) mass is 327 g/mol. The maximum Gasteiger partial charge on any atom is 0.355 e. The summed E-state index contributed by atoms with van der Waals surface area (Å²) in [7, 11) is 1.38. The van der Waals surface area contributed by atoms with Crippen molar-refractivity contribution < 1.29 is 9.53 Å². The van der Waals surface area contributed by atoms with Crippen LogP contribution >= 0.6 is 22.6 Å². The van der Waals surface area contributed by atoms with Crippen molar-refractivity contribution in [3.8, 4) is 5.69 Å². The van der Waals surface area contributed by atoms with Crippen LogP contribution in [0.4, 0.5) is 0 Å². The third-order valence-corrected chi connectivity index (χ3v) is 2.97. The lowest BCUT2D eigenvalue weighted by Crippen LogP contribution is -2.08. The number of benzene rings is 1. The van der Waals surface area contributed by atoms with Gasteiger partial charge in [0.05, 0.1) is 7.11 Å². The molecule has 1 heterocycles. The van der Waals surface area contributed by atoms with Crippen molar-refractivity contribution in [2.75, 3.05) is 7.11 Å². The highest BCUT2D eigenvalue weighted by Gasteiger charge is 2.11. The number of methoxy groups -OCH3 is 1. The van der Waals surface area contributed by atoms with E-state index in [4.69, 9.17) is 4.74 Å². The quantitative estimate of drug-likeness (QED) is 0.627. The molecule has 0 spiro atoms. The maximum atomic E-state index is 11.5. The van der Waals surface area contributed by atoms with Gasteiger partial charge in [0.2, 0.25) is 0 Å². The van der Waals surface area contributed by atoms with Gasteiger partial charge in [0.25, 0.3) is 0 Å². The summed E-state index contributed by atoms with van der Waals surface area (Å²) in [6.45, 7) is 0. The molecule has 0 radical (unpaired) electrons. The van der Waals surface area contributed by atoms with E-state index in [1.165, 1.54) is 7.11 Å². The summed E-state index contributed by atoms with van der Waals surface area (Å²) >= 11 is 2.24. The van der Waals surface area contributed by atoms with Gasteiger partial charge in [-0.15, -0.1) is 0 Å². The van der Waals surface area contributed by atoms with Gasteiger partial charge >= 0.3 is 5.97 Å². The molecule has 3 nitrogen and oxygen atoms in total. The zero-order valence-electron chi connectivity index (χ0n) is 8.68. The van der Waals surface area contributed by atoms with Gasteiger partial charge < -0.3 is 9.30 Å². The summed E-state index contributed by atoms with van der Waals surface area (Å²) in [5.74, 6) is -0.330.